The van der Waals surface area contributed by atoms with Crippen LogP contribution in [0.3, 0.4) is 0 Å². The smallest absolute Gasteiger partial charge is 0.240 e. The van der Waals surface area contributed by atoms with Gasteiger partial charge in [-0.15, -0.1) is 0 Å². The van der Waals surface area contributed by atoms with Gasteiger partial charge < -0.3 is 5.11 Å². The molecule has 1 aliphatic rings. The topological polar surface area (TPSA) is 66.4 Å². The van der Waals surface area contributed by atoms with E-state index in [1.807, 2.05) is 11.8 Å². The first-order valence-corrected chi connectivity index (χ1v) is 9.52. The molecule has 2 rings (SSSR count). The van der Waals surface area contributed by atoms with Gasteiger partial charge in [0.1, 0.15) is 5.82 Å². The molecular formula is C14H20FNO3S2. The molecule has 0 radical (unpaired) electrons. The van der Waals surface area contributed by atoms with Gasteiger partial charge in [0.2, 0.25) is 10.0 Å². The Labute approximate surface area is 129 Å². The first-order chi connectivity index (χ1) is 9.96. The Bertz CT molecular complexity index is 592. The summed E-state index contributed by atoms with van der Waals surface area (Å²) in [6.45, 7) is 1.57. The van der Waals surface area contributed by atoms with Gasteiger partial charge in [-0.05, 0) is 43.2 Å². The number of aliphatic hydroxyl groups excluding tert-OH is 1. The van der Waals surface area contributed by atoms with Crippen LogP contribution in [0.5, 0.6) is 0 Å². The molecule has 1 aliphatic carbocycles. The van der Waals surface area contributed by atoms with E-state index in [0.717, 1.165) is 31.1 Å². The van der Waals surface area contributed by atoms with E-state index in [4.69, 9.17) is 5.11 Å². The summed E-state index contributed by atoms with van der Waals surface area (Å²) in [5.41, 5.74) is -0.0105. The van der Waals surface area contributed by atoms with E-state index < -0.39 is 22.4 Å². The first kappa shape index (κ1) is 16.7. The molecule has 1 aromatic carbocycles. The maximum absolute atomic E-state index is 13.3. The van der Waals surface area contributed by atoms with Crippen LogP contribution in [-0.2, 0) is 16.6 Å². The summed E-state index contributed by atoms with van der Waals surface area (Å²) >= 11 is 1.86. The van der Waals surface area contributed by atoms with Crippen LogP contribution >= 0.6 is 11.8 Å². The van der Waals surface area contributed by atoms with Crippen LogP contribution in [0.4, 0.5) is 4.39 Å². The second-order valence-electron chi connectivity index (χ2n) is 5.12. The molecule has 0 amide bonds. The molecule has 21 heavy (non-hydrogen) atoms. The van der Waals surface area contributed by atoms with Gasteiger partial charge in [0.25, 0.3) is 0 Å². The summed E-state index contributed by atoms with van der Waals surface area (Å²) in [4.78, 5) is -0.000422. The van der Waals surface area contributed by atoms with Gasteiger partial charge in [0.15, 0.2) is 0 Å². The van der Waals surface area contributed by atoms with Gasteiger partial charge >= 0.3 is 0 Å². The lowest BCUT2D eigenvalue weighted by Crippen LogP contribution is -2.33. The first-order valence-electron chi connectivity index (χ1n) is 6.99. The molecule has 2 unspecified atom stereocenters. The van der Waals surface area contributed by atoms with E-state index in [9.17, 15) is 12.8 Å². The van der Waals surface area contributed by atoms with E-state index in [-0.39, 0.29) is 16.5 Å². The molecule has 2 N–H and O–H groups in total. The molecule has 0 saturated heterocycles. The van der Waals surface area contributed by atoms with Crippen molar-refractivity contribution in [1.29, 1.82) is 0 Å². The third kappa shape index (κ3) is 4.18. The molecule has 1 saturated carbocycles. The molecule has 0 bridgehead atoms. The fourth-order valence-corrected chi connectivity index (χ4v) is 5.04. The SMILES string of the molecule is CCSC1CCC(NS(=O)(=O)c2ccc(F)c(CO)c2)C1. The van der Waals surface area contributed by atoms with E-state index >= 15 is 0 Å². The van der Waals surface area contributed by atoms with Crippen LogP contribution in [0, 0.1) is 5.82 Å². The highest BCUT2D eigenvalue weighted by molar-refractivity contribution is 7.99. The largest absolute Gasteiger partial charge is 0.392 e. The average molecular weight is 333 g/mol. The third-order valence-corrected chi connectivity index (χ3v) is 6.36. The van der Waals surface area contributed by atoms with Gasteiger partial charge in [-0.1, -0.05) is 6.92 Å². The number of sulfonamides is 1. The fourth-order valence-electron chi connectivity index (χ4n) is 2.56. The Hall–Kier alpha value is -0.630. The van der Waals surface area contributed by atoms with Gasteiger partial charge in [-0.25, -0.2) is 17.5 Å². The van der Waals surface area contributed by atoms with Crippen LogP contribution in [0.1, 0.15) is 31.7 Å². The number of thioether (sulfide) groups is 1. The molecule has 1 fully saturated rings. The predicted octanol–water partition coefficient (Wildman–Crippen LogP) is 2.27. The van der Waals surface area contributed by atoms with Crippen molar-refractivity contribution in [3.05, 3.63) is 29.6 Å². The number of nitrogens with one attached hydrogen (secondary N) is 1. The van der Waals surface area contributed by atoms with Gasteiger partial charge in [0, 0.05) is 16.9 Å². The van der Waals surface area contributed by atoms with Crippen molar-refractivity contribution in [1.82, 2.24) is 4.72 Å². The number of hydrogen-bond acceptors (Lipinski definition) is 4. The summed E-state index contributed by atoms with van der Waals surface area (Å²) < 4.78 is 40.6. The van der Waals surface area contributed by atoms with Crippen LogP contribution in [0.15, 0.2) is 23.1 Å². The zero-order chi connectivity index (χ0) is 15.5. The Morgan fingerprint density at radius 2 is 2.19 bits per heavy atom. The van der Waals surface area contributed by atoms with Crippen LogP contribution < -0.4 is 4.72 Å². The van der Waals surface area contributed by atoms with Crippen LogP contribution in [-0.4, -0.2) is 30.6 Å². The Morgan fingerprint density at radius 3 is 2.86 bits per heavy atom. The minimum absolute atomic E-state index is 0.000422. The van der Waals surface area contributed by atoms with E-state index in [0.29, 0.717) is 5.25 Å². The number of aliphatic hydroxyl groups is 1. The van der Waals surface area contributed by atoms with Crippen molar-refractivity contribution in [2.24, 2.45) is 0 Å². The highest BCUT2D eigenvalue weighted by Gasteiger charge is 2.28. The zero-order valence-electron chi connectivity index (χ0n) is 11.9. The minimum atomic E-state index is -3.67. The molecule has 7 heteroatoms. The Morgan fingerprint density at radius 1 is 1.43 bits per heavy atom. The zero-order valence-corrected chi connectivity index (χ0v) is 13.5. The van der Waals surface area contributed by atoms with Gasteiger partial charge in [-0.3, -0.25) is 0 Å². The lowest BCUT2D eigenvalue weighted by atomic mass is 10.2. The van der Waals surface area contributed by atoms with E-state index in [1.165, 1.54) is 12.1 Å². The fraction of sp³-hybridized carbons (Fsp3) is 0.571. The number of hydrogen-bond donors (Lipinski definition) is 2. The summed E-state index contributed by atoms with van der Waals surface area (Å²) in [6, 6.07) is 3.42. The molecule has 0 spiro atoms. The van der Waals surface area contributed by atoms with E-state index in [2.05, 4.69) is 11.6 Å². The quantitative estimate of drug-likeness (QED) is 0.838. The summed E-state index contributed by atoms with van der Waals surface area (Å²) in [6.07, 6.45) is 2.66. The maximum Gasteiger partial charge on any atom is 0.240 e. The van der Waals surface area contributed by atoms with Crippen molar-refractivity contribution < 1.29 is 17.9 Å². The van der Waals surface area contributed by atoms with E-state index in [1.54, 1.807) is 0 Å². The third-order valence-electron chi connectivity index (χ3n) is 3.61. The Kier molecular flexibility index (Phi) is 5.65. The molecule has 2 atom stereocenters. The second kappa shape index (κ2) is 7.09. The number of halogens is 1. The molecule has 118 valence electrons. The summed E-state index contributed by atoms with van der Waals surface area (Å²) in [7, 11) is -3.67. The molecule has 0 heterocycles. The molecule has 1 aromatic rings. The Balaban J connectivity index is 2.09. The van der Waals surface area contributed by atoms with Crippen LogP contribution in [0.25, 0.3) is 0 Å². The summed E-state index contributed by atoms with van der Waals surface area (Å²) in [5, 5.41) is 9.53. The predicted molar refractivity (Wildman–Crippen MR) is 82.2 cm³/mol. The van der Waals surface area contributed by atoms with Gasteiger partial charge in [-0.2, -0.15) is 11.8 Å². The normalized spacial score (nSPS) is 22.6. The molecular weight excluding hydrogens is 313 g/mol. The molecule has 0 aromatic heterocycles. The van der Waals surface area contributed by atoms with Crippen molar-refractivity contribution >= 4 is 21.8 Å². The van der Waals surface area contributed by atoms with Gasteiger partial charge in [0.05, 0.1) is 11.5 Å². The highest BCUT2D eigenvalue weighted by Crippen LogP contribution is 2.30. The lowest BCUT2D eigenvalue weighted by Gasteiger charge is -2.14. The van der Waals surface area contributed by atoms with Crippen molar-refractivity contribution in [2.75, 3.05) is 5.75 Å². The number of rotatable bonds is 6. The van der Waals surface area contributed by atoms with Crippen molar-refractivity contribution in [3.63, 3.8) is 0 Å². The monoisotopic (exact) mass is 333 g/mol. The molecule has 4 nitrogen and oxygen atoms in total. The van der Waals surface area contributed by atoms with Crippen molar-refractivity contribution in [2.45, 2.75) is 49.0 Å². The second-order valence-corrected chi connectivity index (χ2v) is 8.41. The number of benzene rings is 1. The highest BCUT2D eigenvalue weighted by atomic mass is 32.2. The van der Waals surface area contributed by atoms with Crippen molar-refractivity contribution in [3.8, 4) is 0 Å². The average Bonchev–Trinajstić information content (AvgIpc) is 2.86. The maximum atomic E-state index is 13.3. The summed E-state index contributed by atoms with van der Waals surface area (Å²) in [5.74, 6) is 0.429. The van der Waals surface area contributed by atoms with Crippen LogP contribution in [0.2, 0.25) is 0 Å². The standard InChI is InChI=1S/C14H20FNO3S2/c1-2-20-12-4-3-11(8-12)16-21(18,19)13-5-6-14(15)10(7-13)9-17/h5-7,11-12,16-17H,2-4,8-9H2,1H3. The minimum Gasteiger partial charge on any atom is -0.392 e. The lowest BCUT2D eigenvalue weighted by molar-refractivity contribution is 0.275. The molecule has 0 aliphatic heterocycles.